The van der Waals surface area contributed by atoms with E-state index in [1.807, 2.05) is 55.3 Å². The minimum absolute atomic E-state index is 0. The second-order valence-electron chi connectivity index (χ2n) is 6.08. The highest BCUT2D eigenvalue weighted by atomic mass is 127. The number of carbonyl (C=O) groups excluding carboxylic acids is 1. The number of aryl methyl sites for hydroxylation is 1. The summed E-state index contributed by atoms with van der Waals surface area (Å²) >= 11 is 0. The smallest absolute Gasteiger partial charge is 0.227 e. The number of rotatable bonds is 8. The van der Waals surface area contributed by atoms with Gasteiger partial charge in [0.2, 0.25) is 5.91 Å². The van der Waals surface area contributed by atoms with E-state index >= 15 is 0 Å². The monoisotopic (exact) mass is 497 g/mol. The number of amides is 1. The van der Waals surface area contributed by atoms with Crippen LogP contribution in [0.4, 0.5) is 5.82 Å². The van der Waals surface area contributed by atoms with Gasteiger partial charge in [0.15, 0.2) is 5.96 Å². The predicted molar refractivity (Wildman–Crippen MR) is 124 cm³/mol. The highest BCUT2D eigenvalue weighted by Gasteiger charge is 2.08. The first-order valence-corrected chi connectivity index (χ1v) is 8.90. The van der Waals surface area contributed by atoms with E-state index in [0.29, 0.717) is 37.9 Å². The molecular formula is C20H28IN5O2. The lowest BCUT2D eigenvalue weighted by atomic mass is 10.3. The van der Waals surface area contributed by atoms with Gasteiger partial charge in [0.05, 0.1) is 6.54 Å². The first kappa shape index (κ1) is 23.7. The second kappa shape index (κ2) is 12.9. The second-order valence-corrected chi connectivity index (χ2v) is 6.08. The molecule has 0 aliphatic heterocycles. The van der Waals surface area contributed by atoms with Crippen molar-refractivity contribution in [2.75, 3.05) is 39.1 Å². The normalized spacial score (nSPS) is 10.6. The maximum Gasteiger partial charge on any atom is 0.227 e. The van der Waals surface area contributed by atoms with Crippen LogP contribution >= 0.6 is 24.0 Å². The topological polar surface area (TPSA) is 78.8 Å². The van der Waals surface area contributed by atoms with Crippen molar-refractivity contribution >= 4 is 41.7 Å². The lowest BCUT2D eigenvalue weighted by Gasteiger charge is -2.22. The van der Waals surface area contributed by atoms with Gasteiger partial charge in [-0.25, -0.2) is 4.98 Å². The third kappa shape index (κ3) is 8.55. The molecule has 0 spiro atoms. The van der Waals surface area contributed by atoms with E-state index in [4.69, 9.17) is 4.74 Å². The zero-order chi connectivity index (χ0) is 19.5. The number of benzene rings is 1. The number of halogens is 1. The number of pyridine rings is 1. The van der Waals surface area contributed by atoms with E-state index in [9.17, 15) is 4.79 Å². The van der Waals surface area contributed by atoms with E-state index in [1.165, 1.54) is 0 Å². The number of carbonyl (C=O) groups is 1. The molecular weight excluding hydrogens is 469 g/mol. The Hall–Kier alpha value is -2.36. The van der Waals surface area contributed by atoms with Crippen LogP contribution in [0.3, 0.4) is 0 Å². The maximum absolute atomic E-state index is 12.0. The van der Waals surface area contributed by atoms with Gasteiger partial charge in [0.25, 0.3) is 0 Å². The van der Waals surface area contributed by atoms with Crippen molar-refractivity contribution in [3.8, 4) is 5.75 Å². The minimum atomic E-state index is -0.0932. The molecule has 0 atom stereocenters. The molecule has 0 saturated heterocycles. The van der Waals surface area contributed by atoms with Crippen molar-refractivity contribution in [3.05, 3.63) is 54.2 Å². The fourth-order valence-electron chi connectivity index (χ4n) is 2.34. The standard InChI is InChI=1S/C20H27N5O2.HI/c1-16-9-10-18(23-15-16)24-19(26)11-12-22-20(21-2)25(3)13-14-27-17-7-5-4-6-8-17;/h4-10,15H,11-14H2,1-3H3,(H,21,22)(H,23,24,26);1H. The first-order valence-electron chi connectivity index (χ1n) is 8.90. The van der Waals surface area contributed by atoms with Gasteiger partial charge in [-0.3, -0.25) is 9.79 Å². The zero-order valence-electron chi connectivity index (χ0n) is 16.5. The molecule has 7 nitrogen and oxygen atoms in total. The molecule has 0 aliphatic rings. The van der Waals surface area contributed by atoms with Crippen molar-refractivity contribution < 1.29 is 9.53 Å². The van der Waals surface area contributed by atoms with Crippen LogP contribution in [-0.4, -0.2) is 55.5 Å². The fourth-order valence-corrected chi connectivity index (χ4v) is 2.34. The van der Waals surface area contributed by atoms with Crippen LogP contribution in [0.1, 0.15) is 12.0 Å². The summed E-state index contributed by atoms with van der Waals surface area (Å²) in [6.07, 6.45) is 2.05. The number of nitrogens with zero attached hydrogens (tertiary/aromatic N) is 3. The summed E-state index contributed by atoms with van der Waals surface area (Å²) in [5.41, 5.74) is 1.05. The Morgan fingerprint density at radius 2 is 1.96 bits per heavy atom. The van der Waals surface area contributed by atoms with Crippen LogP contribution in [0.2, 0.25) is 0 Å². The Labute approximate surface area is 183 Å². The van der Waals surface area contributed by atoms with Crippen LogP contribution in [0.25, 0.3) is 0 Å². The van der Waals surface area contributed by atoms with Crippen LogP contribution in [-0.2, 0) is 4.79 Å². The predicted octanol–water partition coefficient (Wildman–Crippen LogP) is 2.92. The molecule has 0 saturated carbocycles. The summed E-state index contributed by atoms with van der Waals surface area (Å²) < 4.78 is 5.69. The highest BCUT2D eigenvalue weighted by molar-refractivity contribution is 14.0. The maximum atomic E-state index is 12.0. The largest absolute Gasteiger partial charge is 0.492 e. The van der Waals surface area contributed by atoms with Crippen molar-refractivity contribution in [1.82, 2.24) is 15.2 Å². The van der Waals surface area contributed by atoms with Crippen LogP contribution in [0.15, 0.2) is 53.7 Å². The van der Waals surface area contributed by atoms with Gasteiger partial charge >= 0.3 is 0 Å². The van der Waals surface area contributed by atoms with Gasteiger partial charge in [0.1, 0.15) is 18.2 Å². The lowest BCUT2D eigenvalue weighted by Crippen LogP contribution is -2.41. The number of hydrogen-bond donors (Lipinski definition) is 2. The van der Waals surface area contributed by atoms with Gasteiger partial charge in [-0.05, 0) is 30.7 Å². The molecule has 0 aliphatic carbocycles. The fraction of sp³-hybridized carbons (Fsp3) is 0.350. The lowest BCUT2D eigenvalue weighted by molar-refractivity contribution is -0.116. The first-order chi connectivity index (χ1) is 13.1. The molecule has 0 radical (unpaired) electrons. The van der Waals surface area contributed by atoms with E-state index in [2.05, 4.69) is 20.6 Å². The van der Waals surface area contributed by atoms with E-state index in [0.717, 1.165) is 11.3 Å². The molecule has 0 unspecified atom stereocenters. The van der Waals surface area contributed by atoms with Crippen molar-refractivity contribution in [2.24, 2.45) is 4.99 Å². The minimum Gasteiger partial charge on any atom is -0.492 e. The van der Waals surface area contributed by atoms with Crippen LogP contribution in [0.5, 0.6) is 5.75 Å². The number of likely N-dealkylation sites (N-methyl/N-ethyl adjacent to an activating group) is 1. The number of para-hydroxylation sites is 1. The summed E-state index contributed by atoms with van der Waals surface area (Å²) in [5.74, 6) is 2.03. The summed E-state index contributed by atoms with van der Waals surface area (Å²) in [6, 6.07) is 13.4. The highest BCUT2D eigenvalue weighted by Crippen LogP contribution is 2.08. The summed E-state index contributed by atoms with van der Waals surface area (Å²) in [4.78, 5) is 22.4. The van der Waals surface area contributed by atoms with Crippen molar-refractivity contribution in [3.63, 3.8) is 0 Å². The molecule has 152 valence electrons. The molecule has 2 aromatic rings. The molecule has 1 heterocycles. The summed E-state index contributed by atoms with van der Waals surface area (Å²) in [7, 11) is 3.65. The van der Waals surface area contributed by atoms with E-state index < -0.39 is 0 Å². The molecule has 8 heteroatoms. The molecule has 2 N–H and O–H groups in total. The molecule has 1 aromatic carbocycles. The number of anilines is 1. The molecule has 0 fully saturated rings. The van der Waals surface area contributed by atoms with Gasteiger partial charge in [0, 0.05) is 33.3 Å². The Morgan fingerprint density at radius 1 is 1.21 bits per heavy atom. The van der Waals surface area contributed by atoms with Crippen LogP contribution in [0, 0.1) is 6.92 Å². The van der Waals surface area contributed by atoms with Gasteiger partial charge < -0.3 is 20.3 Å². The third-order valence-corrected chi connectivity index (χ3v) is 3.83. The van der Waals surface area contributed by atoms with Crippen LogP contribution < -0.4 is 15.4 Å². The molecule has 28 heavy (non-hydrogen) atoms. The Kier molecular flexibility index (Phi) is 10.9. The average molecular weight is 497 g/mol. The molecule has 1 aromatic heterocycles. The quantitative estimate of drug-likeness (QED) is 0.333. The Balaban J connectivity index is 0.00000392. The Morgan fingerprint density at radius 3 is 2.61 bits per heavy atom. The molecule has 1 amide bonds. The Bertz CT molecular complexity index is 738. The average Bonchev–Trinajstić information content (AvgIpc) is 2.68. The zero-order valence-corrected chi connectivity index (χ0v) is 18.8. The third-order valence-electron chi connectivity index (χ3n) is 3.83. The van der Waals surface area contributed by atoms with Crippen molar-refractivity contribution in [1.29, 1.82) is 0 Å². The number of aromatic nitrogens is 1. The van der Waals surface area contributed by atoms with Crippen molar-refractivity contribution in [2.45, 2.75) is 13.3 Å². The molecule has 0 bridgehead atoms. The summed E-state index contributed by atoms with van der Waals surface area (Å²) in [6.45, 7) is 3.65. The number of aliphatic imine (C=N–C) groups is 1. The number of nitrogens with one attached hydrogen (secondary N) is 2. The van der Waals surface area contributed by atoms with Gasteiger partial charge in [-0.2, -0.15) is 0 Å². The van der Waals surface area contributed by atoms with E-state index in [1.54, 1.807) is 19.3 Å². The summed E-state index contributed by atoms with van der Waals surface area (Å²) in [5, 5.41) is 5.96. The number of guanidine groups is 1. The van der Waals surface area contributed by atoms with Gasteiger partial charge in [-0.15, -0.1) is 24.0 Å². The molecule has 2 rings (SSSR count). The van der Waals surface area contributed by atoms with Gasteiger partial charge in [-0.1, -0.05) is 24.3 Å². The SMILES string of the molecule is CN=C(NCCC(=O)Nc1ccc(C)cn1)N(C)CCOc1ccccc1.I. The number of hydrogen-bond acceptors (Lipinski definition) is 4. The van der Waals surface area contributed by atoms with E-state index in [-0.39, 0.29) is 29.9 Å². The number of ether oxygens (including phenoxy) is 1.